The van der Waals surface area contributed by atoms with Crippen LogP contribution in [-0.2, 0) is 4.79 Å². The number of ether oxygens (including phenoxy) is 2. The molecule has 4 nitrogen and oxygen atoms in total. The number of carbonyl (C=O) groups is 1. The summed E-state index contributed by atoms with van der Waals surface area (Å²) in [6.45, 7) is 6.22. The zero-order valence-corrected chi connectivity index (χ0v) is 14.3. The molecule has 4 heteroatoms. The van der Waals surface area contributed by atoms with E-state index < -0.39 is 0 Å². The van der Waals surface area contributed by atoms with E-state index in [9.17, 15) is 4.79 Å². The Bertz CT molecular complexity index is 719. The third-order valence-electron chi connectivity index (χ3n) is 3.90. The van der Waals surface area contributed by atoms with Crippen molar-refractivity contribution in [1.82, 2.24) is 5.32 Å². The van der Waals surface area contributed by atoms with E-state index in [0.29, 0.717) is 6.42 Å². The van der Waals surface area contributed by atoms with Crippen LogP contribution in [0.15, 0.2) is 48.5 Å². The second-order valence-electron chi connectivity index (χ2n) is 7.08. The lowest BCUT2D eigenvalue weighted by Gasteiger charge is -2.24. The van der Waals surface area contributed by atoms with Gasteiger partial charge in [0.1, 0.15) is 0 Å². The Kier molecular flexibility index (Phi) is 4.47. The maximum atomic E-state index is 12.5. The Hall–Kier alpha value is -2.49. The average molecular weight is 325 g/mol. The first-order valence-corrected chi connectivity index (χ1v) is 8.18. The highest BCUT2D eigenvalue weighted by molar-refractivity contribution is 5.78. The summed E-state index contributed by atoms with van der Waals surface area (Å²) in [6.07, 6.45) is 0.390. The van der Waals surface area contributed by atoms with Gasteiger partial charge in [-0.25, -0.2) is 0 Å². The van der Waals surface area contributed by atoms with Crippen LogP contribution >= 0.6 is 0 Å². The highest BCUT2D eigenvalue weighted by Gasteiger charge is 2.23. The summed E-state index contributed by atoms with van der Waals surface area (Å²) in [4.78, 5) is 12.5. The Morgan fingerprint density at radius 2 is 1.75 bits per heavy atom. The normalized spacial score (nSPS) is 14.3. The number of benzene rings is 2. The number of fused-ring (bicyclic) bond motifs is 1. The molecule has 0 aliphatic carbocycles. The molecule has 0 radical (unpaired) electrons. The Labute approximate surface area is 142 Å². The fraction of sp³-hybridized carbons (Fsp3) is 0.350. The van der Waals surface area contributed by atoms with E-state index in [4.69, 9.17) is 9.47 Å². The largest absolute Gasteiger partial charge is 0.454 e. The maximum Gasteiger partial charge on any atom is 0.231 e. The van der Waals surface area contributed by atoms with Crippen molar-refractivity contribution in [2.24, 2.45) is 0 Å². The number of nitrogens with one attached hydrogen (secondary N) is 1. The number of hydrogen-bond acceptors (Lipinski definition) is 3. The minimum atomic E-state index is -0.243. The van der Waals surface area contributed by atoms with Gasteiger partial charge in [-0.15, -0.1) is 0 Å². The van der Waals surface area contributed by atoms with Crippen LogP contribution in [0.1, 0.15) is 44.2 Å². The van der Waals surface area contributed by atoms with Gasteiger partial charge in [0.05, 0.1) is 0 Å². The molecule has 0 spiro atoms. The van der Waals surface area contributed by atoms with E-state index in [2.05, 4.69) is 17.4 Å². The fourth-order valence-electron chi connectivity index (χ4n) is 2.90. The summed E-state index contributed by atoms with van der Waals surface area (Å²) in [5.74, 6) is 1.51. The Morgan fingerprint density at radius 3 is 2.46 bits per heavy atom. The second-order valence-corrected chi connectivity index (χ2v) is 7.08. The third-order valence-corrected chi connectivity index (χ3v) is 3.90. The lowest BCUT2D eigenvalue weighted by molar-refractivity contribution is -0.122. The van der Waals surface area contributed by atoms with Crippen LogP contribution in [-0.4, -0.2) is 18.2 Å². The lowest BCUT2D eigenvalue weighted by Crippen LogP contribution is -2.41. The predicted octanol–water partition coefficient (Wildman–Crippen LogP) is 3.85. The van der Waals surface area contributed by atoms with Gasteiger partial charge < -0.3 is 14.8 Å². The van der Waals surface area contributed by atoms with E-state index in [1.165, 1.54) is 0 Å². The van der Waals surface area contributed by atoms with Gasteiger partial charge in [-0.3, -0.25) is 4.79 Å². The highest BCUT2D eigenvalue weighted by atomic mass is 16.7. The smallest absolute Gasteiger partial charge is 0.231 e. The quantitative estimate of drug-likeness (QED) is 0.929. The Balaban J connectivity index is 1.89. The van der Waals surface area contributed by atoms with Gasteiger partial charge >= 0.3 is 0 Å². The molecule has 1 N–H and O–H groups in total. The van der Waals surface area contributed by atoms with Crippen molar-refractivity contribution in [3.05, 3.63) is 59.7 Å². The standard InChI is InChI=1S/C20H23NO3/c1-20(2,3)21-19(22)12-16(14-7-5-4-6-8-14)15-9-10-17-18(11-15)24-13-23-17/h4-11,16H,12-13H2,1-3H3,(H,21,22)/t16-/m1/s1. The van der Waals surface area contributed by atoms with Gasteiger partial charge in [0.15, 0.2) is 11.5 Å². The van der Waals surface area contributed by atoms with Gasteiger partial charge in [-0.2, -0.15) is 0 Å². The van der Waals surface area contributed by atoms with Gasteiger partial charge in [0.2, 0.25) is 12.7 Å². The van der Waals surface area contributed by atoms with Crippen LogP contribution < -0.4 is 14.8 Å². The van der Waals surface area contributed by atoms with Crippen molar-refractivity contribution in [1.29, 1.82) is 0 Å². The van der Waals surface area contributed by atoms with Crippen molar-refractivity contribution in [3.8, 4) is 11.5 Å². The van der Waals surface area contributed by atoms with Crippen molar-refractivity contribution in [2.45, 2.75) is 38.6 Å². The molecule has 0 saturated carbocycles. The summed E-state index contributed by atoms with van der Waals surface area (Å²) < 4.78 is 10.9. The van der Waals surface area contributed by atoms with Gasteiger partial charge in [0, 0.05) is 17.9 Å². The first kappa shape index (κ1) is 16.4. The van der Waals surface area contributed by atoms with Crippen LogP contribution in [0.2, 0.25) is 0 Å². The summed E-state index contributed by atoms with van der Waals surface area (Å²) in [6, 6.07) is 16.0. The van der Waals surface area contributed by atoms with E-state index in [1.54, 1.807) is 0 Å². The molecule has 1 atom stereocenters. The number of amides is 1. The fourth-order valence-corrected chi connectivity index (χ4v) is 2.90. The minimum Gasteiger partial charge on any atom is -0.454 e. The maximum absolute atomic E-state index is 12.5. The summed E-state index contributed by atoms with van der Waals surface area (Å²) >= 11 is 0. The molecule has 0 aromatic heterocycles. The second kappa shape index (κ2) is 6.56. The molecule has 0 saturated heterocycles. The lowest BCUT2D eigenvalue weighted by atomic mass is 9.87. The third kappa shape index (κ3) is 3.88. The molecule has 0 fully saturated rings. The summed E-state index contributed by atoms with van der Waals surface area (Å²) in [5.41, 5.74) is 1.92. The van der Waals surface area contributed by atoms with E-state index in [-0.39, 0.29) is 24.2 Å². The highest BCUT2D eigenvalue weighted by Crippen LogP contribution is 2.37. The SMILES string of the molecule is CC(C)(C)NC(=O)C[C@H](c1ccccc1)c1ccc2c(c1)OCO2. The summed E-state index contributed by atoms with van der Waals surface area (Å²) in [7, 11) is 0. The molecule has 1 amide bonds. The molecule has 1 heterocycles. The van der Waals surface area contributed by atoms with Crippen molar-refractivity contribution in [2.75, 3.05) is 6.79 Å². The molecule has 24 heavy (non-hydrogen) atoms. The van der Waals surface area contributed by atoms with Gasteiger partial charge in [-0.05, 0) is 44.0 Å². The average Bonchev–Trinajstić information content (AvgIpc) is 2.99. The molecule has 2 aromatic rings. The molecule has 1 aliphatic heterocycles. The monoisotopic (exact) mass is 325 g/mol. The molecule has 3 rings (SSSR count). The topological polar surface area (TPSA) is 47.6 Å². The van der Waals surface area contributed by atoms with Crippen LogP contribution in [0.3, 0.4) is 0 Å². The molecule has 1 aliphatic rings. The predicted molar refractivity (Wildman–Crippen MR) is 93.4 cm³/mol. The molecule has 2 aromatic carbocycles. The molecular weight excluding hydrogens is 302 g/mol. The van der Waals surface area contributed by atoms with E-state index in [1.807, 2.05) is 57.2 Å². The summed E-state index contributed by atoms with van der Waals surface area (Å²) in [5, 5.41) is 3.05. The zero-order chi connectivity index (χ0) is 17.2. The molecule has 126 valence electrons. The van der Waals surface area contributed by atoms with E-state index >= 15 is 0 Å². The van der Waals surface area contributed by atoms with Gasteiger partial charge in [0.25, 0.3) is 0 Å². The first-order chi connectivity index (χ1) is 11.4. The zero-order valence-electron chi connectivity index (χ0n) is 14.3. The van der Waals surface area contributed by atoms with Gasteiger partial charge in [-0.1, -0.05) is 36.4 Å². The van der Waals surface area contributed by atoms with Crippen LogP contribution in [0.5, 0.6) is 11.5 Å². The van der Waals surface area contributed by atoms with Crippen molar-refractivity contribution >= 4 is 5.91 Å². The van der Waals surface area contributed by atoms with Crippen molar-refractivity contribution < 1.29 is 14.3 Å². The molecule has 0 bridgehead atoms. The first-order valence-electron chi connectivity index (χ1n) is 8.18. The van der Waals surface area contributed by atoms with E-state index in [0.717, 1.165) is 22.6 Å². The van der Waals surface area contributed by atoms with Crippen molar-refractivity contribution in [3.63, 3.8) is 0 Å². The molecular formula is C20H23NO3. The minimum absolute atomic E-state index is 0.0250. The van der Waals surface area contributed by atoms with Crippen LogP contribution in [0.4, 0.5) is 0 Å². The molecule has 0 unspecified atom stereocenters. The Morgan fingerprint density at radius 1 is 1.04 bits per heavy atom. The van der Waals surface area contributed by atoms with Crippen LogP contribution in [0, 0.1) is 0 Å². The number of carbonyl (C=O) groups excluding carboxylic acids is 1. The van der Waals surface area contributed by atoms with Crippen LogP contribution in [0.25, 0.3) is 0 Å². The number of rotatable bonds is 4. The number of hydrogen-bond donors (Lipinski definition) is 1.